The third kappa shape index (κ3) is 2.54. The van der Waals surface area contributed by atoms with Gasteiger partial charge in [0.25, 0.3) is 0 Å². The molecule has 0 bridgehead atoms. The van der Waals surface area contributed by atoms with Crippen molar-refractivity contribution in [1.29, 1.82) is 0 Å². The number of alkyl halides is 1. The van der Waals surface area contributed by atoms with Gasteiger partial charge in [-0.3, -0.25) is 0 Å². The Kier molecular flexibility index (Phi) is 3.57. The van der Waals surface area contributed by atoms with Gasteiger partial charge < -0.3 is 4.57 Å². The first kappa shape index (κ1) is 12.6. The van der Waals surface area contributed by atoms with Gasteiger partial charge in [-0.15, -0.1) is 0 Å². The van der Waals surface area contributed by atoms with Crippen LogP contribution in [0.25, 0.3) is 11.0 Å². The van der Waals surface area contributed by atoms with Gasteiger partial charge in [0.15, 0.2) is 0 Å². The molecule has 0 aliphatic heterocycles. The molecular formula is C14H19BrN2. The summed E-state index contributed by atoms with van der Waals surface area (Å²) in [7, 11) is 0. The highest BCUT2D eigenvalue weighted by Crippen LogP contribution is 2.25. The standard InChI is InChI=1S/C14H19BrN2/c1-4-13-16-11-7-5-6-8-12(11)17(13)10-14(2,3)9-15/h5-8H,4,9-10H2,1-3H3. The van der Waals surface area contributed by atoms with Crippen LogP contribution >= 0.6 is 15.9 Å². The van der Waals surface area contributed by atoms with E-state index >= 15 is 0 Å². The van der Waals surface area contributed by atoms with E-state index in [9.17, 15) is 0 Å². The molecule has 0 atom stereocenters. The van der Waals surface area contributed by atoms with Crippen LogP contribution in [-0.4, -0.2) is 14.9 Å². The minimum atomic E-state index is 0.243. The van der Waals surface area contributed by atoms with Crippen LogP contribution in [0.15, 0.2) is 24.3 Å². The SMILES string of the molecule is CCc1nc2ccccc2n1CC(C)(C)CBr. The molecule has 2 nitrogen and oxygen atoms in total. The van der Waals surface area contributed by atoms with Crippen molar-refractivity contribution >= 4 is 27.0 Å². The fraction of sp³-hybridized carbons (Fsp3) is 0.500. The van der Waals surface area contributed by atoms with Gasteiger partial charge in [0.2, 0.25) is 0 Å². The summed E-state index contributed by atoms with van der Waals surface area (Å²) in [6.07, 6.45) is 0.979. The topological polar surface area (TPSA) is 17.8 Å². The molecule has 1 aromatic carbocycles. The van der Waals surface area contributed by atoms with Crippen LogP contribution in [0.5, 0.6) is 0 Å². The number of imidazole rings is 1. The van der Waals surface area contributed by atoms with E-state index in [1.165, 1.54) is 11.3 Å². The van der Waals surface area contributed by atoms with E-state index in [-0.39, 0.29) is 5.41 Å². The molecular weight excluding hydrogens is 276 g/mol. The smallest absolute Gasteiger partial charge is 0.109 e. The van der Waals surface area contributed by atoms with Gasteiger partial charge in [0, 0.05) is 18.3 Å². The van der Waals surface area contributed by atoms with Crippen LogP contribution in [0.3, 0.4) is 0 Å². The molecule has 92 valence electrons. The zero-order valence-corrected chi connectivity index (χ0v) is 12.3. The summed E-state index contributed by atoms with van der Waals surface area (Å²) in [5, 5.41) is 0.996. The second-order valence-electron chi connectivity index (χ2n) is 5.25. The van der Waals surface area contributed by atoms with Crippen molar-refractivity contribution in [2.75, 3.05) is 5.33 Å². The molecule has 0 aliphatic carbocycles. The molecule has 0 spiro atoms. The van der Waals surface area contributed by atoms with E-state index in [1.807, 2.05) is 0 Å². The number of fused-ring (bicyclic) bond motifs is 1. The van der Waals surface area contributed by atoms with Crippen molar-refractivity contribution in [3.63, 3.8) is 0 Å². The summed E-state index contributed by atoms with van der Waals surface area (Å²) in [5.41, 5.74) is 2.60. The average molecular weight is 295 g/mol. The molecule has 0 fully saturated rings. The van der Waals surface area contributed by atoms with E-state index in [0.717, 1.165) is 23.8 Å². The zero-order chi connectivity index (χ0) is 12.5. The number of aromatic nitrogens is 2. The largest absolute Gasteiger partial charge is 0.327 e. The fourth-order valence-corrected chi connectivity index (χ4v) is 2.22. The summed E-state index contributed by atoms with van der Waals surface area (Å²) in [6.45, 7) is 7.71. The van der Waals surface area contributed by atoms with Crippen LogP contribution in [0, 0.1) is 5.41 Å². The highest BCUT2D eigenvalue weighted by Gasteiger charge is 2.20. The average Bonchev–Trinajstić information content (AvgIpc) is 2.67. The minimum absolute atomic E-state index is 0.243. The summed E-state index contributed by atoms with van der Waals surface area (Å²) < 4.78 is 2.36. The molecule has 0 amide bonds. The lowest BCUT2D eigenvalue weighted by Gasteiger charge is -2.23. The Morgan fingerprint density at radius 1 is 1.29 bits per heavy atom. The Hall–Kier alpha value is -0.830. The Morgan fingerprint density at radius 2 is 2.00 bits per heavy atom. The van der Waals surface area contributed by atoms with E-state index in [0.29, 0.717) is 0 Å². The van der Waals surface area contributed by atoms with Gasteiger partial charge in [-0.2, -0.15) is 0 Å². The maximum Gasteiger partial charge on any atom is 0.109 e. The van der Waals surface area contributed by atoms with Crippen molar-refractivity contribution in [1.82, 2.24) is 9.55 Å². The molecule has 17 heavy (non-hydrogen) atoms. The molecule has 2 rings (SSSR count). The van der Waals surface area contributed by atoms with Crippen molar-refractivity contribution in [3.05, 3.63) is 30.1 Å². The van der Waals surface area contributed by atoms with Crippen LogP contribution < -0.4 is 0 Å². The van der Waals surface area contributed by atoms with E-state index in [2.05, 4.69) is 65.5 Å². The quantitative estimate of drug-likeness (QED) is 0.779. The first-order valence-electron chi connectivity index (χ1n) is 6.07. The number of benzene rings is 1. The van der Waals surface area contributed by atoms with Crippen LogP contribution in [0.2, 0.25) is 0 Å². The number of rotatable bonds is 4. The van der Waals surface area contributed by atoms with Gasteiger partial charge in [-0.1, -0.05) is 48.8 Å². The second-order valence-corrected chi connectivity index (χ2v) is 5.82. The van der Waals surface area contributed by atoms with Gasteiger partial charge >= 0.3 is 0 Å². The fourth-order valence-electron chi connectivity index (χ4n) is 2.04. The predicted molar refractivity (Wildman–Crippen MR) is 76.7 cm³/mol. The zero-order valence-electron chi connectivity index (χ0n) is 10.7. The number of hydrogen-bond acceptors (Lipinski definition) is 1. The summed E-state index contributed by atoms with van der Waals surface area (Å²) in [6, 6.07) is 8.38. The number of aryl methyl sites for hydroxylation is 1. The molecule has 1 heterocycles. The van der Waals surface area contributed by atoms with E-state index in [1.54, 1.807) is 0 Å². The Balaban J connectivity index is 2.50. The Morgan fingerprint density at radius 3 is 2.65 bits per heavy atom. The molecule has 0 radical (unpaired) electrons. The first-order chi connectivity index (χ1) is 8.07. The van der Waals surface area contributed by atoms with Gasteiger partial charge in [0.1, 0.15) is 5.82 Å². The Labute approximate surface area is 111 Å². The molecule has 3 heteroatoms. The van der Waals surface area contributed by atoms with Crippen molar-refractivity contribution in [2.45, 2.75) is 33.7 Å². The molecule has 0 saturated carbocycles. The maximum atomic E-state index is 4.70. The highest BCUT2D eigenvalue weighted by molar-refractivity contribution is 9.09. The Bertz CT molecular complexity index is 514. The van der Waals surface area contributed by atoms with Gasteiger partial charge in [-0.05, 0) is 17.5 Å². The van der Waals surface area contributed by atoms with Crippen molar-refractivity contribution in [2.24, 2.45) is 5.41 Å². The molecule has 2 aromatic rings. The lowest BCUT2D eigenvalue weighted by molar-refractivity contribution is 0.354. The highest BCUT2D eigenvalue weighted by atomic mass is 79.9. The van der Waals surface area contributed by atoms with E-state index in [4.69, 9.17) is 4.98 Å². The molecule has 0 unspecified atom stereocenters. The van der Waals surface area contributed by atoms with Crippen molar-refractivity contribution < 1.29 is 0 Å². The third-order valence-electron chi connectivity index (χ3n) is 3.00. The van der Waals surface area contributed by atoms with Crippen LogP contribution in [0.1, 0.15) is 26.6 Å². The lowest BCUT2D eigenvalue weighted by atomic mass is 9.96. The molecule has 1 aromatic heterocycles. The van der Waals surface area contributed by atoms with Gasteiger partial charge in [-0.25, -0.2) is 4.98 Å². The molecule has 0 N–H and O–H groups in total. The van der Waals surface area contributed by atoms with Gasteiger partial charge in [0.05, 0.1) is 11.0 Å². The molecule has 0 aliphatic rings. The molecule has 0 saturated heterocycles. The summed E-state index contributed by atoms with van der Waals surface area (Å²) >= 11 is 3.59. The number of nitrogens with zero attached hydrogens (tertiary/aromatic N) is 2. The summed E-state index contributed by atoms with van der Waals surface area (Å²) in [4.78, 5) is 4.70. The monoisotopic (exact) mass is 294 g/mol. The minimum Gasteiger partial charge on any atom is -0.327 e. The normalized spacial score (nSPS) is 12.2. The summed E-state index contributed by atoms with van der Waals surface area (Å²) in [5.74, 6) is 1.18. The number of hydrogen-bond donors (Lipinski definition) is 0. The van der Waals surface area contributed by atoms with Crippen LogP contribution in [0.4, 0.5) is 0 Å². The van der Waals surface area contributed by atoms with Crippen LogP contribution in [-0.2, 0) is 13.0 Å². The number of halogens is 1. The first-order valence-corrected chi connectivity index (χ1v) is 7.19. The predicted octanol–water partition coefficient (Wildman–Crippen LogP) is 4.02. The second kappa shape index (κ2) is 4.81. The third-order valence-corrected chi connectivity index (χ3v) is 4.52. The lowest BCUT2D eigenvalue weighted by Crippen LogP contribution is -2.22. The van der Waals surface area contributed by atoms with E-state index < -0.39 is 0 Å². The van der Waals surface area contributed by atoms with Crippen molar-refractivity contribution in [3.8, 4) is 0 Å². The maximum absolute atomic E-state index is 4.70. The number of para-hydroxylation sites is 2.